The number of hydrogen-bond donors (Lipinski definition) is 1. The zero-order chi connectivity index (χ0) is 24.2. The van der Waals surface area contributed by atoms with Crippen molar-refractivity contribution < 1.29 is 14.0 Å². The molecule has 35 heavy (non-hydrogen) atoms. The van der Waals surface area contributed by atoms with E-state index in [1.807, 2.05) is 17.0 Å². The smallest absolute Gasteiger partial charge is 0.408 e. The molecule has 3 heterocycles. The minimum atomic E-state index is -0.577. The summed E-state index contributed by atoms with van der Waals surface area (Å²) in [5.41, 5.74) is 2.45. The van der Waals surface area contributed by atoms with Crippen LogP contribution in [0.1, 0.15) is 5.56 Å². The van der Waals surface area contributed by atoms with Crippen LogP contribution >= 0.6 is 0 Å². The second-order valence-electron chi connectivity index (χ2n) is 8.26. The van der Waals surface area contributed by atoms with Gasteiger partial charge in [0.2, 0.25) is 17.8 Å². The summed E-state index contributed by atoms with van der Waals surface area (Å²) in [6, 6.07) is 15.9. The molecular weight excluding hydrogens is 448 g/mol. The van der Waals surface area contributed by atoms with Crippen LogP contribution in [0, 0.1) is 0 Å². The third-order valence-electron chi connectivity index (χ3n) is 5.94. The van der Waals surface area contributed by atoms with Gasteiger partial charge >= 0.3 is 5.76 Å². The van der Waals surface area contributed by atoms with Crippen LogP contribution in [-0.4, -0.2) is 57.4 Å². The second kappa shape index (κ2) is 9.80. The van der Waals surface area contributed by atoms with Crippen molar-refractivity contribution in [3.63, 3.8) is 0 Å². The molecule has 0 saturated carbocycles. The van der Waals surface area contributed by atoms with Gasteiger partial charge in [-0.3, -0.25) is 14.2 Å². The molecule has 1 N–H and O–H groups in total. The molecule has 0 radical (unpaired) electrons. The monoisotopic (exact) mass is 472 g/mol. The molecule has 1 fully saturated rings. The fraction of sp³-hybridized carbons (Fsp3) is 0.240. The first-order valence-electron chi connectivity index (χ1n) is 11.3. The second-order valence-corrected chi connectivity index (χ2v) is 8.26. The van der Waals surface area contributed by atoms with Crippen LogP contribution in [0.25, 0.3) is 11.1 Å². The summed E-state index contributed by atoms with van der Waals surface area (Å²) in [5.74, 6) is -0.181. The van der Waals surface area contributed by atoms with Gasteiger partial charge in [0.1, 0.15) is 6.54 Å². The summed E-state index contributed by atoms with van der Waals surface area (Å²) in [7, 11) is 0. The van der Waals surface area contributed by atoms with Gasteiger partial charge in [0.15, 0.2) is 5.58 Å². The van der Waals surface area contributed by atoms with Gasteiger partial charge in [0.25, 0.3) is 0 Å². The van der Waals surface area contributed by atoms with E-state index in [9.17, 15) is 14.4 Å². The number of nitrogens with one attached hydrogen (secondary N) is 1. The number of fused-ring (bicyclic) bond motifs is 1. The van der Waals surface area contributed by atoms with Crippen molar-refractivity contribution in [2.24, 2.45) is 0 Å². The Morgan fingerprint density at radius 2 is 1.63 bits per heavy atom. The number of carbonyl (C=O) groups excluding carboxylic acids is 2. The van der Waals surface area contributed by atoms with E-state index in [1.165, 1.54) is 4.57 Å². The average molecular weight is 473 g/mol. The maximum Gasteiger partial charge on any atom is 0.420 e. The quantitative estimate of drug-likeness (QED) is 0.456. The highest BCUT2D eigenvalue weighted by Gasteiger charge is 2.22. The topological polar surface area (TPSA) is 114 Å². The minimum absolute atomic E-state index is 0.0571. The fourth-order valence-corrected chi connectivity index (χ4v) is 4.11. The standard InChI is InChI=1S/C25H24N6O4/c32-22(17-31-20-4-1-2-5-21(20)35-25(31)34)28-19-8-6-18(7-9-19)16-23(33)29-12-14-30(15-13-29)24-26-10-3-11-27-24/h1-11H,12-17H2,(H,28,32). The van der Waals surface area contributed by atoms with Gasteiger partial charge in [-0.1, -0.05) is 24.3 Å². The molecule has 1 aliphatic rings. The van der Waals surface area contributed by atoms with Crippen molar-refractivity contribution in [3.05, 3.63) is 83.1 Å². The van der Waals surface area contributed by atoms with Crippen molar-refractivity contribution >= 4 is 34.5 Å². The van der Waals surface area contributed by atoms with E-state index < -0.39 is 5.76 Å². The summed E-state index contributed by atoms with van der Waals surface area (Å²) >= 11 is 0. The van der Waals surface area contributed by atoms with E-state index in [0.717, 1.165) is 5.56 Å². The lowest BCUT2D eigenvalue weighted by Crippen LogP contribution is -2.49. The summed E-state index contributed by atoms with van der Waals surface area (Å²) in [6.07, 6.45) is 3.71. The number of hydrogen-bond acceptors (Lipinski definition) is 7. The van der Waals surface area contributed by atoms with E-state index in [-0.39, 0.29) is 24.8 Å². The molecule has 178 valence electrons. The third-order valence-corrected chi connectivity index (χ3v) is 5.94. The van der Waals surface area contributed by atoms with Crippen LogP contribution < -0.4 is 16.0 Å². The number of amides is 2. The number of rotatable bonds is 6. The molecule has 2 aromatic heterocycles. The first kappa shape index (κ1) is 22.3. The normalized spacial score (nSPS) is 13.7. The molecule has 2 aromatic carbocycles. The molecule has 5 rings (SSSR count). The van der Waals surface area contributed by atoms with E-state index >= 15 is 0 Å². The molecule has 2 amide bonds. The first-order valence-corrected chi connectivity index (χ1v) is 11.3. The highest BCUT2D eigenvalue weighted by atomic mass is 16.4. The molecule has 0 aliphatic carbocycles. The average Bonchev–Trinajstić information content (AvgIpc) is 3.20. The van der Waals surface area contributed by atoms with Crippen LogP contribution in [-0.2, 0) is 22.6 Å². The number of nitrogens with zero attached hydrogens (tertiary/aromatic N) is 5. The van der Waals surface area contributed by atoms with Crippen LogP contribution in [0.4, 0.5) is 11.6 Å². The van der Waals surface area contributed by atoms with E-state index in [0.29, 0.717) is 48.9 Å². The summed E-state index contributed by atoms with van der Waals surface area (Å²) in [4.78, 5) is 49.8. The highest BCUT2D eigenvalue weighted by molar-refractivity contribution is 5.91. The van der Waals surface area contributed by atoms with Gasteiger partial charge in [0.05, 0.1) is 11.9 Å². The SMILES string of the molecule is O=C(Cn1c(=O)oc2ccccc21)Nc1ccc(CC(=O)N2CCN(c3ncccn3)CC2)cc1. The van der Waals surface area contributed by atoms with Gasteiger partial charge in [-0.05, 0) is 35.9 Å². The predicted molar refractivity (Wildman–Crippen MR) is 130 cm³/mol. The van der Waals surface area contributed by atoms with Gasteiger partial charge < -0.3 is 19.5 Å². The molecule has 10 nitrogen and oxygen atoms in total. The van der Waals surface area contributed by atoms with Crippen molar-refractivity contribution in [1.82, 2.24) is 19.4 Å². The molecular formula is C25H24N6O4. The Morgan fingerprint density at radius 1 is 0.914 bits per heavy atom. The maximum absolute atomic E-state index is 12.8. The van der Waals surface area contributed by atoms with E-state index in [4.69, 9.17) is 4.42 Å². The lowest BCUT2D eigenvalue weighted by atomic mass is 10.1. The molecule has 1 aliphatic heterocycles. The Morgan fingerprint density at radius 3 is 2.37 bits per heavy atom. The number of benzene rings is 2. The molecule has 0 atom stereocenters. The van der Waals surface area contributed by atoms with Crippen molar-refractivity contribution in [3.8, 4) is 0 Å². The van der Waals surface area contributed by atoms with Crippen LogP contribution in [0.2, 0.25) is 0 Å². The number of para-hydroxylation sites is 2. The molecule has 1 saturated heterocycles. The predicted octanol–water partition coefficient (Wildman–Crippen LogP) is 1.91. The minimum Gasteiger partial charge on any atom is -0.408 e. The number of aromatic nitrogens is 3. The maximum atomic E-state index is 12.8. The lowest BCUT2D eigenvalue weighted by molar-refractivity contribution is -0.130. The van der Waals surface area contributed by atoms with Crippen molar-refractivity contribution in [1.29, 1.82) is 0 Å². The molecule has 4 aromatic rings. The lowest BCUT2D eigenvalue weighted by Gasteiger charge is -2.34. The van der Waals surface area contributed by atoms with E-state index in [2.05, 4.69) is 20.2 Å². The fourth-order valence-electron chi connectivity index (χ4n) is 4.11. The Balaban J connectivity index is 1.13. The molecule has 0 spiro atoms. The Labute approximate surface area is 200 Å². The molecule has 0 unspecified atom stereocenters. The highest BCUT2D eigenvalue weighted by Crippen LogP contribution is 2.15. The molecule has 0 bridgehead atoms. The summed E-state index contributed by atoms with van der Waals surface area (Å²) in [5, 5.41) is 2.78. The number of piperazine rings is 1. The number of carbonyl (C=O) groups is 2. The summed E-state index contributed by atoms with van der Waals surface area (Å²) < 4.78 is 6.46. The number of anilines is 2. The van der Waals surface area contributed by atoms with Crippen molar-refractivity contribution in [2.45, 2.75) is 13.0 Å². The number of oxazole rings is 1. The van der Waals surface area contributed by atoms with Gasteiger partial charge in [0, 0.05) is 44.3 Å². The Kier molecular flexibility index (Phi) is 6.25. The van der Waals surface area contributed by atoms with Gasteiger partial charge in [-0.15, -0.1) is 0 Å². The van der Waals surface area contributed by atoms with Crippen LogP contribution in [0.15, 0.2) is 76.2 Å². The van der Waals surface area contributed by atoms with Gasteiger partial charge in [-0.25, -0.2) is 14.8 Å². The molecule has 10 heteroatoms. The largest absolute Gasteiger partial charge is 0.420 e. The Hall–Kier alpha value is -4.47. The van der Waals surface area contributed by atoms with Crippen LogP contribution in [0.5, 0.6) is 0 Å². The zero-order valence-corrected chi connectivity index (χ0v) is 19.0. The van der Waals surface area contributed by atoms with Crippen molar-refractivity contribution in [2.75, 3.05) is 36.4 Å². The first-order chi connectivity index (χ1) is 17.1. The van der Waals surface area contributed by atoms with Gasteiger partial charge in [-0.2, -0.15) is 0 Å². The zero-order valence-electron chi connectivity index (χ0n) is 19.0. The summed E-state index contributed by atoms with van der Waals surface area (Å²) in [6.45, 7) is 2.46. The third kappa shape index (κ3) is 5.06. The van der Waals surface area contributed by atoms with E-state index in [1.54, 1.807) is 54.9 Å². The Bertz CT molecular complexity index is 1390. The van der Waals surface area contributed by atoms with Crippen LogP contribution in [0.3, 0.4) is 0 Å².